The maximum Gasteiger partial charge on any atom is 0.311 e. The molecule has 0 aliphatic rings. The van der Waals surface area contributed by atoms with Crippen molar-refractivity contribution in [2.24, 2.45) is 0 Å². The first-order valence-electron chi connectivity index (χ1n) is 5.84. The Hall–Kier alpha value is -2.38. The third kappa shape index (κ3) is 4.78. The highest BCUT2D eigenvalue weighted by molar-refractivity contribution is 5.76. The third-order valence-corrected chi connectivity index (χ3v) is 2.19. The van der Waals surface area contributed by atoms with Gasteiger partial charge in [0.05, 0.1) is 4.92 Å². The van der Waals surface area contributed by atoms with Crippen LogP contribution in [0.15, 0.2) is 12.1 Å². The van der Waals surface area contributed by atoms with Crippen LogP contribution < -0.4 is 16.4 Å². The molecule has 4 N–H and O–H groups in total. The molecule has 1 amide bonds. The lowest BCUT2D eigenvalue weighted by Crippen LogP contribution is -2.31. The standard InChI is InChI=1S/C11H17N5O3/c1-7(2)14-10(17)5-6-13-11-8(16(18)19)3-4-9(12)15-11/h3-4,7H,5-6H2,1-2H3,(H,14,17)(H3,12,13,15). The van der Waals surface area contributed by atoms with Crippen molar-refractivity contribution in [1.82, 2.24) is 10.3 Å². The van der Waals surface area contributed by atoms with E-state index in [1.54, 1.807) is 0 Å². The van der Waals surface area contributed by atoms with Crippen LogP contribution >= 0.6 is 0 Å². The number of hydrogen-bond donors (Lipinski definition) is 3. The SMILES string of the molecule is CC(C)NC(=O)CCNc1nc(N)ccc1[N+](=O)[O-]. The molecule has 8 heteroatoms. The monoisotopic (exact) mass is 267 g/mol. The average Bonchev–Trinajstić information content (AvgIpc) is 2.27. The van der Waals surface area contributed by atoms with E-state index in [-0.39, 0.29) is 42.2 Å². The molecule has 0 fully saturated rings. The summed E-state index contributed by atoms with van der Waals surface area (Å²) in [7, 11) is 0. The lowest BCUT2D eigenvalue weighted by atomic mass is 10.3. The molecule has 1 aromatic heterocycles. The molecule has 0 aliphatic carbocycles. The van der Waals surface area contributed by atoms with E-state index in [0.29, 0.717) is 0 Å². The lowest BCUT2D eigenvalue weighted by molar-refractivity contribution is -0.384. The van der Waals surface area contributed by atoms with Gasteiger partial charge in [-0.3, -0.25) is 14.9 Å². The molecule has 0 atom stereocenters. The van der Waals surface area contributed by atoms with E-state index in [4.69, 9.17) is 5.73 Å². The van der Waals surface area contributed by atoms with Crippen molar-refractivity contribution >= 4 is 23.2 Å². The van der Waals surface area contributed by atoms with Crippen LogP contribution in [0.5, 0.6) is 0 Å². The van der Waals surface area contributed by atoms with Crippen molar-refractivity contribution in [2.75, 3.05) is 17.6 Å². The Labute approximate surface area is 110 Å². The third-order valence-electron chi connectivity index (χ3n) is 2.19. The number of nitro groups is 1. The topological polar surface area (TPSA) is 123 Å². The van der Waals surface area contributed by atoms with Crippen LogP contribution in [0.4, 0.5) is 17.3 Å². The fraction of sp³-hybridized carbons (Fsp3) is 0.455. The van der Waals surface area contributed by atoms with E-state index in [9.17, 15) is 14.9 Å². The largest absolute Gasteiger partial charge is 0.384 e. The van der Waals surface area contributed by atoms with Gasteiger partial charge in [-0.05, 0) is 19.9 Å². The molecule has 0 radical (unpaired) electrons. The van der Waals surface area contributed by atoms with Gasteiger partial charge < -0.3 is 16.4 Å². The molecule has 8 nitrogen and oxygen atoms in total. The van der Waals surface area contributed by atoms with E-state index in [0.717, 1.165) is 0 Å². The maximum atomic E-state index is 11.4. The van der Waals surface area contributed by atoms with Crippen molar-refractivity contribution in [3.05, 3.63) is 22.2 Å². The minimum Gasteiger partial charge on any atom is -0.384 e. The van der Waals surface area contributed by atoms with Gasteiger partial charge in [0.2, 0.25) is 11.7 Å². The Balaban J connectivity index is 2.60. The number of rotatable bonds is 6. The van der Waals surface area contributed by atoms with Gasteiger partial charge in [0.1, 0.15) is 5.82 Å². The van der Waals surface area contributed by atoms with Crippen LogP contribution in [0, 0.1) is 10.1 Å². The summed E-state index contributed by atoms with van der Waals surface area (Å²) in [6, 6.07) is 2.69. The molecule has 0 saturated carbocycles. The van der Waals surface area contributed by atoms with Gasteiger partial charge in [-0.25, -0.2) is 4.98 Å². The molecule has 0 aliphatic heterocycles. The van der Waals surface area contributed by atoms with Crippen LogP contribution in [0.3, 0.4) is 0 Å². The molecule has 1 aromatic rings. The van der Waals surface area contributed by atoms with E-state index in [1.165, 1.54) is 12.1 Å². The highest BCUT2D eigenvalue weighted by Crippen LogP contribution is 2.22. The predicted octanol–water partition coefficient (Wildman–Crippen LogP) is 0.899. The number of nitrogens with zero attached hydrogens (tertiary/aromatic N) is 2. The molecule has 0 aromatic carbocycles. The molecule has 1 rings (SSSR count). The summed E-state index contributed by atoms with van der Waals surface area (Å²) in [5.41, 5.74) is 5.30. The quantitative estimate of drug-likeness (QED) is 0.519. The fourth-order valence-electron chi connectivity index (χ4n) is 1.43. The molecule has 0 spiro atoms. The summed E-state index contributed by atoms with van der Waals surface area (Å²) in [5, 5.41) is 16.2. The first kappa shape index (κ1) is 14.7. The molecular weight excluding hydrogens is 250 g/mol. The second-order valence-electron chi connectivity index (χ2n) is 4.26. The summed E-state index contributed by atoms with van der Waals surface area (Å²) in [4.78, 5) is 25.5. The Morgan fingerprint density at radius 2 is 2.21 bits per heavy atom. The Morgan fingerprint density at radius 1 is 1.53 bits per heavy atom. The van der Waals surface area contributed by atoms with E-state index in [2.05, 4.69) is 15.6 Å². The zero-order valence-electron chi connectivity index (χ0n) is 10.8. The number of amides is 1. The second-order valence-corrected chi connectivity index (χ2v) is 4.26. The summed E-state index contributed by atoms with van der Waals surface area (Å²) in [6.07, 6.45) is 0.200. The minimum absolute atomic E-state index is 0.0623. The van der Waals surface area contributed by atoms with Gasteiger partial charge in [0, 0.05) is 25.1 Å². The van der Waals surface area contributed by atoms with E-state index >= 15 is 0 Å². The van der Waals surface area contributed by atoms with Crippen molar-refractivity contribution in [2.45, 2.75) is 26.3 Å². The summed E-state index contributed by atoms with van der Waals surface area (Å²) in [5.74, 6) is 0.121. The molecule has 0 unspecified atom stereocenters. The van der Waals surface area contributed by atoms with Gasteiger partial charge in [-0.1, -0.05) is 0 Å². The highest BCUT2D eigenvalue weighted by Gasteiger charge is 2.15. The van der Waals surface area contributed by atoms with Crippen molar-refractivity contribution in [3.63, 3.8) is 0 Å². The summed E-state index contributed by atoms with van der Waals surface area (Å²) >= 11 is 0. The summed E-state index contributed by atoms with van der Waals surface area (Å²) < 4.78 is 0. The number of carbonyl (C=O) groups excluding carboxylic acids is 1. The van der Waals surface area contributed by atoms with Crippen LogP contribution in [0.2, 0.25) is 0 Å². The zero-order valence-corrected chi connectivity index (χ0v) is 10.8. The zero-order chi connectivity index (χ0) is 14.4. The van der Waals surface area contributed by atoms with Crippen LogP contribution in [0.25, 0.3) is 0 Å². The minimum atomic E-state index is -0.553. The number of hydrogen-bond acceptors (Lipinski definition) is 6. The summed E-state index contributed by atoms with van der Waals surface area (Å²) in [6.45, 7) is 3.96. The van der Waals surface area contributed by atoms with E-state index < -0.39 is 4.92 Å². The van der Waals surface area contributed by atoms with Crippen LogP contribution in [-0.2, 0) is 4.79 Å². The van der Waals surface area contributed by atoms with Gasteiger partial charge >= 0.3 is 5.69 Å². The first-order chi connectivity index (χ1) is 8.90. The molecule has 0 bridgehead atoms. The number of nitrogen functional groups attached to an aromatic ring is 1. The molecular formula is C11H17N5O3. The van der Waals surface area contributed by atoms with Crippen LogP contribution in [0.1, 0.15) is 20.3 Å². The van der Waals surface area contributed by atoms with Crippen LogP contribution in [-0.4, -0.2) is 28.4 Å². The number of aromatic nitrogens is 1. The Bertz CT molecular complexity index is 475. The smallest absolute Gasteiger partial charge is 0.311 e. The van der Waals surface area contributed by atoms with Crippen molar-refractivity contribution in [1.29, 1.82) is 0 Å². The van der Waals surface area contributed by atoms with Gasteiger partial charge in [-0.2, -0.15) is 0 Å². The molecule has 19 heavy (non-hydrogen) atoms. The van der Waals surface area contributed by atoms with Gasteiger partial charge in [0.25, 0.3) is 0 Å². The second kappa shape index (κ2) is 6.53. The number of nitrogens with one attached hydrogen (secondary N) is 2. The van der Waals surface area contributed by atoms with Crippen molar-refractivity contribution in [3.8, 4) is 0 Å². The fourth-order valence-corrected chi connectivity index (χ4v) is 1.43. The average molecular weight is 267 g/mol. The normalized spacial score (nSPS) is 10.3. The highest BCUT2D eigenvalue weighted by atomic mass is 16.6. The number of pyridine rings is 1. The van der Waals surface area contributed by atoms with Gasteiger partial charge in [0.15, 0.2) is 0 Å². The molecule has 0 saturated heterocycles. The van der Waals surface area contributed by atoms with Crippen molar-refractivity contribution < 1.29 is 9.72 Å². The van der Waals surface area contributed by atoms with Gasteiger partial charge in [-0.15, -0.1) is 0 Å². The Morgan fingerprint density at radius 3 is 2.79 bits per heavy atom. The first-order valence-corrected chi connectivity index (χ1v) is 5.84. The number of nitrogens with two attached hydrogens (primary N) is 1. The van der Waals surface area contributed by atoms with E-state index in [1.807, 2.05) is 13.8 Å². The lowest BCUT2D eigenvalue weighted by Gasteiger charge is -2.09. The Kier molecular flexibility index (Phi) is 5.04. The molecule has 1 heterocycles. The maximum absolute atomic E-state index is 11.4. The number of anilines is 2. The number of carbonyl (C=O) groups is 1. The predicted molar refractivity (Wildman–Crippen MR) is 71.7 cm³/mol. The molecule has 104 valence electrons.